The predicted octanol–water partition coefficient (Wildman–Crippen LogP) is 8.03. The molecule has 3 aromatic carbocycles. The number of aromatic nitrogens is 1. The first kappa shape index (κ1) is 45.4. The molecule has 2 aliphatic rings. The van der Waals surface area contributed by atoms with E-state index in [4.69, 9.17) is 10.5 Å². The summed E-state index contributed by atoms with van der Waals surface area (Å²) in [7, 11) is 3.54. The normalized spacial score (nSPS) is 19.1. The number of aliphatic hydroxyl groups excluding tert-OH is 1. The highest BCUT2D eigenvalue weighted by atomic mass is 16.5. The number of carbonyl (C=O) groups is 2. The number of anilines is 1. The van der Waals surface area contributed by atoms with Crippen LogP contribution in [0.3, 0.4) is 0 Å². The van der Waals surface area contributed by atoms with Gasteiger partial charge in [-0.25, -0.2) is 4.98 Å². The summed E-state index contributed by atoms with van der Waals surface area (Å²) in [5, 5.41) is 27.6. The van der Waals surface area contributed by atoms with Gasteiger partial charge in [0.2, 0.25) is 0 Å². The van der Waals surface area contributed by atoms with Crippen LogP contribution >= 0.6 is 0 Å². The summed E-state index contributed by atoms with van der Waals surface area (Å²) in [6, 6.07) is 25.0. The van der Waals surface area contributed by atoms with Crippen LogP contribution in [0.5, 0.6) is 11.5 Å². The van der Waals surface area contributed by atoms with Gasteiger partial charge in [-0.2, -0.15) is 0 Å². The van der Waals surface area contributed by atoms with Gasteiger partial charge >= 0.3 is 0 Å². The number of nitrogens with zero attached hydrogens (tertiary/aromatic N) is 1. The number of benzene rings is 3. The topological polar surface area (TPSA) is 147 Å². The summed E-state index contributed by atoms with van der Waals surface area (Å²) >= 11 is 0. The zero-order chi connectivity index (χ0) is 43.0. The van der Waals surface area contributed by atoms with Crippen LogP contribution in [0.1, 0.15) is 90.3 Å². The molecule has 1 aromatic heterocycles. The van der Waals surface area contributed by atoms with E-state index < -0.39 is 0 Å². The number of nitrogens with two attached hydrogens (primary N) is 1. The third-order valence-corrected chi connectivity index (χ3v) is 12.9. The number of allylic oxidation sites excluding steroid dienone is 1. The Kier molecular flexibility index (Phi) is 17.3. The van der Waals surface area contributed by atoms with Crippen LogP contribution in [0.25, 0.3) is 6.08 Å². The van der Waals surface area contributed by atoms with E-state index in [2.05, 4.69) is 76.3 Å². The van der Waals surface area contributed by atoms with Crippen molar-refractivity contribution in [2.24, 2.45) is 23.7 Å². The number of piperidine rings is 1. The molecule has 1 saturated heterocycles. The van der Waals surface area contributed by atoms with E-state index in [0.717, 1.165) is 87.6 Å². The van der Waals surface area contributed by atoms with E-state index in [1.165, 1.54) is 36.3 Å². The highest BCUT2D eigenvalue weighted by Crippen LogP contribution is 2.40. The van der Waals surface area contributed by atoms with Crippen molar-refractivity contribution in [1.29, 1.82) is 0 Å². The second kappa shape index (κ2) is 23.2. The molecular weight excluding hydrogens is 761 g/mol. The minimum Gasteiger partial charge on any atom is -0.504 e. The van der Waals surface area contributed by atoms with Crippen molar-refractivity contribution in [1.82, 2.24) is 15.6 Å². The maximum Gasteiger partial charge on any atom is 0.163 e. The van der Waals surface area contributed by atoms with Gasteiger partial charge in [-0.1, -0.05) is 79.2 Å². The van der Waals surface area contributed by atoms with Crippen LogP contribution in [-0.4, -0.2) is 66.7 Å². The van der Waals surface area contributed by atoms with Crippen molar-refractivity contribution in [3.8, 4) is 11.5 Å². The maximum absolute atomic E-state index is 13.2. The Morgan fingerprint density at radius 3 is 2.46 bits per heavy atom. The molecule has 0 spiro atoms. The Balaban J connectivity index is 1.06. The third kappa shape index (κ3) is 13.4. The fourth-order valence-corrected chi connectivity index (χ4v) is 9.60. The number of hydrogen-bond acceptors (Lipinski definition) is 9. The number of pyridine rings is 1. The number of aliphatic hydroxyl groups is 1. The highest BCUT2D eigenvalue weighted by molar-refractivity contribution is 6.06. The number of ether oxygens (including phenoxy) is 1. The van der Waals surface area contributed by atoms with Crippen molar-refractivity contribution in [3.05, 3.63) is 136 Å². The largest absolute Gasteiger partial charge is 0.504 e. The highest BCUT2D eigenvalue weighted by Gasteiger charge is 2.38. The zero-order valence-electron chi connectivity index (χ0n) is 36.2. The number of likely N-dealkylation sites (N-methyl/N-ethyl adjacent to an activating group) is 1. The lowest BCUT2D eigenvalue weighted by Crippen LogP contribution is -2.48. The third-order valence-electron chi connectivity index (χ3n) is 12.9. The molecule has 1 aliphatic carbocycles. The quantitative estimate of drug-likeness (QED) is 0.0285. The molecule has 0 bridgehead atoms. The molecule has 0 radical (unpaired) electrons. The van der Waals surface area contributed by atoms with Gasteiger partial charge < -0.3 is 31.3 Å². The second-order valence-electron chi connectivity index (χ2n) is 17.1. The molecular formula is C52H66N4O5. The van der Waals surface area contributed by atoms with Gasteiger partial charge in [0.25, 0.3) is 0 Å². The predicted molar refractivity (Wildman–Crippen MR) is 246 cm³/mol. The van der Waals surface area contributed by atoms with E-state index in [-0.39, 0.29) is 30.3 Å². The standard InChI is InChI=1S/C52H66N4O5/c1-54-49-23-21-42-34-55-25-24-47(42)48(49)28-37(14-8-26-57)13-7-15-45(58)33-46(59)22-20-40-31-51(61-2)50(60)30-43(40)29-44-35-56-52(53)32-41(44)19-18-39-12-6-11-38(27-39)17-16-36-9-4-3-5-10-36/h3-6,9-12,20-23,27,30-32,35,37,42,47-49,54-55,57,60H,7-8,13-19,24-26,28-29,33-34H2,1-2H3,(H2,53,56)/b22-20+/t37-,42+,47+,48-,49-/m0/s1. The Bertz CT molecular complexity index is 2100. The summed E-state index contributed by atoms with van der Waals surface area (Å²) in [6.45, 7) is 2.25. The molecule has 9 heteroatoms. The molecule has 9 nitrogen and oxygen atoms in total. The number of Topliss-reactive ketones (excluding diaryl/α,β-unsaturated/α-hetero) is 1. The molecule has 4 aromatic rings. The number of fused-ring (bicyclic) bond motifs is 1. The van der Waals surface area contributed by atoms with E-state index in [1.54, 1.807) is 24.4 Å². The van der Waals surface area contributed by atoms with Crippen molar-refractivity contribution >= 4 is 23.5 Å². The molecule has 0 unspecified atom stereocenters. The number of rotatable bonds is 23. The van der Waals surface area contributed by atoms with E-state index in [0.29, 0.717) is 59.7 Å². The van der Waals surface area contributed by atoms with E-state index in [1.807, 2.05) is 19.2 Å². The molecule has 0 amide bonds. The fraction of sp³-hybridized carbons (Fsp3) is 0.442. The summed E-state index contributed by atoms with van der Waals surface area (Å²) in [5.41, 5.74) is 13.6. The van der Waals surface area contributed by atoms with Crippen molar-refractivity contribution in [2.45, 2.75) is 89.5 Å². The summed E-state index contributed by atoms with van der Waals surface area (Å²) < 4.78 is 5.44. The number of ketones is 2. The Morgan fingerprint density at radius 1 is 0.934 bits per heavy atom. The number of carbonyl (C=O) groups excluding carboxylic acids is 2. The van der Waals surface area contributed by atoms with Crippen LogP contribution in [0.4, 0.5) is 5.82 Å². The van der Waals surface area contributed by atoms with Crippen molar-refractivity contribution in [2.75, 3.05) is 39.6 Å². The van der Waals surface area contributed by atoms with Gasteiger partial charge in [0.05, 0.1) is 13.5 Å². The SMILES string of the molecule is CN[C@H]1C=C[C@@H]2CNCC[C@H]2[C@@H]1C[C@H](CCCO)CCCC(=O)CC(=O)/C=C/c1cc(OC)c(O)cc1Cc1cnc(N)cc1CCc1cccc(CCc2ccccc2)c1. The smallest absolute Gasteiger partial charge is 0.163 e. The van der Waals surface area contributed by atoms with Gasteiger partial charge in [0, 0.05) is 31.8 Å². The summed E-state index contributed by atoms with van der Waals surface area (Å²) in [4.78, 5) is 30.8. The number of phenolic OH excluding ortho intramolecular Hbond substituents is 1. The number of hydrogen-bond donors (Lipinski definition) is 5. The Hall–Kier alpha value is -5.09. The maximum atomic E-state index is 13.2. The van der Waals surface area contributed by atoms with Gasteiger partial charge in [0.1, 0.15) is 11.6 Å². The molecule has 2 heterocycles. The lowest BCUT2D eigenvalue weighted by atomic mass is 9.66. The lowest BCUT2D eigenvalue weighted by molar-refractivity contribution is -0.124. The molecule has 0 saturated carbocycles. The van der Waals surface area contributed by atoms with Crippen LogP contribution in [0.2, 0.25) is 0 Å². The summed E-state index contributed by atoms with van der Waals surface area (Å²) in [5.74, 6) is 2.56. The van der Waals surface area contributed by atoms with Gasteiger partial charge in [0.15, 0.2) is 17.3 Å². The lowest BCUT2D eigenvalue weighted by Gasteiger charge is -2.44. The minimum atomic E-state index is -0.261. The molecule has 324 valence electrons. The van der Waals surface area contributed by atoms with E-state index in [9.17, 15) is 19.8 Å². The van der Waals surface area contributed by atoms with Crippen LogP contribution in [-0.2, 0) is 41.7 Å². The van der Waals surface area contributed by atoms with Crippen molar-refractivity contribution in [3.63, 3.8) is 0 Å². The number of methoxy groups -OCH3 is 1. The fourth-order valence-electron chi connectivity index (χ4n) is 9.60. The molecule has 5 atom stereocenters. The molecule has 6 rings (SSSR count). The van der Waals surface area contributed by atoms with Gasteiger partial charge in [-0.15, -0.1) is 0 Å². The first-order valence-electron chi connectivity index (χ1n) is 22.4. The monoisotopic (exact) mass is 827 g/mol. The average molecular weight is 827 g/mol. The number of nitrogen functional groups attached to an aromatic ring is 1. The first-order chi connectivity index (χ1) is 29.7. The summed E-state index contributed by atoms with van der Waals surface area (Å²) in [6.07, 6.45) is 19.5. The zero-order valence-corrected chi connectivity index (χ0v) is 36.2. The van der Waals surface area contributed by atoms with Crippen molar-refractivity contribution < 1.29 is 24.5 Å². The van der Waals surface area contributed by atoms with Crippen LogP contribution in [0, 0.1) is 23.7 Å². The van der Waals surface area contributed by atoms with Gasteiger partial charge in [-0.05, 0) is 165 Å². The molecule has 6 N–H and O–H groups in total. The Labute approximate surface area is 362 Å². The number of phenols is 1. The van der Waals surface area contributed by atoms with Crippen LogP contribution in [0.15, 0.2) is 97.2 Å². The van der Waals surface area contributed by atoms with Gasteiger partial charge in [-0.3, -0.25) is 9.59 Å². The Morgan fingerprint density at radius 2 is 1.69 bits per heavy atom. The number of aryl methyl sites for hydroxylation is 4. The second-order valence-corrected chi connectivity index (χ2v) is 17.1. The molecule has 61 heavy (non-hydrogen) atoms. The average Bonchev–Trinajstić information content (AvgIpc) is 3.27. The number of aromatic hydroxyl groups is 1. The van der Waals surface area contributed by atoms with E-state index >= 15 is 0 Å². The minimum absolute atomic E-state index is 0.00251. The number of nitrogens with one attached hydrogen (secondary N) is 2. The van der Waals surface area contributed by atoms with Crippen LogP contribution < -0.4 is 21.1 Å². The first-order valence-corrected chi connectivity index (χ1v) is 22.4. The molecule has 1 fully saturated rings. The molecule has 1 aliphatic heterocycles.